The second-order valence-electron chi connectivity index (χ2n) is 4.07. The van der Waals surface area contributed by atoms with Gasteiger partial charge in [0.1, 0.15) is 0 Å². The summed E-state index contributed by atoms with van der Waals surface area (Å²) in [5.74, 6) is 1.18. The fraction of sp³-hybridized carbons (Fsp3) is 0.462. The van der Waals surface area contributed by atoms with E-state index in [0.717, 1.165) is 18.4 Å². The number of halogens is 2. The topological polar surface area (TPSA) is 55.1 Å². The zero-order valence-corrected chi connectivity index (χ0v) is 13.0. The van der Waals surface area contributed by atoms with Crippen LogP contribution in [0.2, 0.25) is 10.0 Å². The van der Waals surface area contributed by atoms with Crippen LogP contribution >= 0.6 is 35.0 Å². The number of rotatable bonds is 8. The SMILES string of the molecule is NCCCCNC(=O)CSCc1ccc(Cl)cc1Cl. The third-order valence-corrected chi connectivity index (χ3v) is 4.03. The molecule has 0 aromatic heterocycles. The van der Waals surface area contributed by atoms with E-state index in [1.807, 2.05) is 6.07 Å². The predicted molar refractivity (Wildman–Crippen MR) is 83.9 cm³/mol. The molecule has 0 aliphatic rings. The average molecular weight is 321 g/mol. The second-order valence-corrected chi connectivity index (χ2v) is 5.90. The number of nitrogens with two attached hydrogens (primary N) is 1. The Morgan fingerprint density at radius 1 is 1.32 bits per heavy atom. The van der Waals surface area contributed by atoms with Gasteiger partial charge in [-0.2, -0.15) is 0 Å². The van der Waals surface area contributed by atoms with Gasteiger partial charge in [-0.05, 0) is 37.1 Å². The molecule has 0 spiro atoms. The number of hydrogen-bond donors (Lipinski definition) is 2. The van der Waals surface area contributed by atoms with Crippen LogP contribution in [0, 0.1) is 0 Å². The Labute approximate surface area is 128 Å². The maximum Gasteiger partial charge on any atom is 0.230 e. The molecule has 0 saturated heterocycles. The number of carbonyl (C=O) groups excluding carboxylic acids is 1. The lowest BCUT2D eigenvalue weighted by Crippen LogP contribution is -2.26. The van der Waals surface area contributed by atoms with Crippen LogP contribution in [0.15, 0.2) is 18.2 Å². The van der Waals surface area contributed by atoms with Crippen molar-refractivity contribution in [2.45, 2.75) is 18.6 Å². The first-order valence-corrected chi connectivity index (χ1v) is 8.03. The van der Waals surface area contributed by atoms with Crippen LogP contribution < -0.4 is 11.1 Å². The van der Waals surface area contributed by atoms with Gasteiger partial charge in [0.25, 0.3) is 0 Å². The van der Waals surface area contributed by atoms with Crippen LogP contribution in [-0.4, -0.2) is 24.7 Å². The third kappa shape index (κ3) is 7.06. The Morgan fingerprint density at radius 2 is 2.11 bits per heavy atom. The van der Waals surface area contributed by atoms with Crippen molar-refractivity contribution in [3.8, 4) is 0 Å². The predicted octanol–water partition coefficient (Wildman–Crippen LogP) is 3.08. The Kier molecular flexibility index (Phi) is 8.30. The molecule has 6 heteroatoms. The molecule has 0 aliphatic heterocycles. The Balaban J connectivity index is 2.20. The van der Waals surface area contributed by atoms with Crippen LogP contribution in [-0.2, 0) is 10.5 Å². The number of carbonyl (C=O) groups is 1. The highest BCUT2D eigenvalue weighted by Gasteiger charge is 2.04. The largest absolute Gasteiger partial charge is 0.355 e. The summed E-state index contributed by atoms with van der Waals surface area (Å²) < 4.78 is 0. The quantitative estimate of drug-likeness (QED) is 0.724. The minimum Gasteiger partial charge on any atom is -0.355 e. The fourth-order valence-corrected chi connectivity index (χ4v) is 2.86. The van der Waals surface area contributed by atoms with Crippen LogP contribution in [0.1, 0.15) is 18.4 Å². The van der Waals surface area contributed by atoms with Crippen LogP contribution in [0.5, 0.6) is 0 Å². The van der Waals surface area contributed by atoms with Gasteiger partial charge in [-0.15, -0.1) is 11.8 Å². The molecule has 3 N–H and O–H groups in total. The van der Waals surface area contributed by atoms with Gasteiger partial charge in [0.2, 0.25) is 5.91 Å². The molecule has 0 saturated carbocycles. The molecule has 0 aliphatic carbocycles. The number of thioether (sulfide) groups is 1. The highest BCUT2D eigenvalue weighted by atomic mass is 35.5. The van der Waals surface area contributed by atoms with Gasteiger partial charge in [0.15, 0.2) is 0 Å². The Bertz CT molecular complexity index is 416. The highest BCUT2D eigenvalue weighted by Crippen LogP contribution is 2.24. The van der Waals surface area contributed by atoms with Gasteiger partial charge in [-0.25, -0.2) is 0 Å². The molecule has 0 radical (unpaired) electrons. The monoisotopic (exact) mass is 320 g/mol. The molecule has 1 amide bonds. The summed E-state index contributed by atoms with van der Waals surface area (Å²) in [5, 5.41) is 4.12. The summed E-state index contributed by atoms with van der Waals surface area (Å²) in [5.41, 5.74) is 6.37. The summed E-state index contributed by atoms with van der Waals surface area (Å²) in [6.45, 7) is 1.36. The van der Waals surface area contributed by atoms with Crippen LogP contribution in [0.25, 0.3) is 0 Å². The molecule has 0 fully saturated rings. The van der Waals surface area contributed by atoms with Gasteiger partial charge in [0.05, 0.1) is 5.75 Å². The van der Waals surface area contributed by atoms with Crippen molar-refractivity contribution in [1.29, 1.82) is 0 Å². The third-order valence-electron chi connectivity index (χ3n) is 2.46. The molecule has 1 aromatic carbocycles. The Morgan fingerprint density at radius 3 is 2.79 bits per heavy atom. The van der Waals surface area contributed by atoms with E-state index in [-0.39, 0.29) is 5.91 Å². The zero-order chi connectivity index (χ0) is 14.1. The van der Waals surface area contributed by atoms with Crippen LogP contribution in [0.4, 0.5) is 0 Å². The number of unbranched alkanes of at least 4 members (excludes halogenated alkanes) is 1. The first kappa shape index (κ1) is 16.6. The minimum atomic E-state index is 0.0482. The number of amides is 1. The van der Waals surface area contributed by atoms with Crippen molar-refractivity contribution >= 4 is 40.9 Å². The second kappa shape index (κ2) is 9.48. The minimum absolute atomic E-state index is 0.0482. The molecule has 0 atom stereocenters. The summed E-state index contributed by atoms with van der Waals surface area (Å²) in [7, 11) is 0. The number of hydrogen-bond acceptors (Lipinski definition) is 3. The van der Waals surface area contributed by atoms with Crippen LogP contribution in [0.3, 0.4) is 0 Å². The molecule has 0 unspecified atom stereocenters. The molecule has 19 heavy (non-hydrogen) atoms. The van der Waals surface area contributed by atoms with Crippen molar-refractivity contribution in [2.75, 3.05) is 18.8 Å². The number of benzene rings is 1. The maximum absolute atomic E-state index is 11.5. The normalized spacial score (nSPS) is 10.5. The van der Waals surface area contributed by atoms with E-state index in [0.29, 0.717) is 34.6 Å². The smallest absolute Gasteiger partial charge is 0.230 e. The van der Waals surface area contributed by atoms with E-state index in [4.69, 9.17) is 28.9 Å². The van der Waals surface area contributed by atoms with Gasteiger partial charge < -0.3 is 11.1 Å². The van der Waals surface area contributed by atoms with Gasteiger partial charge in [0, 0.05) is 22.3 Å². The molecule has 106 valence electrons. The van der Waals surface area contributed by atoms with Crippen molar-refractivity contribution in [3.63, 3.8) is 0 Å². The molecule has 1 aromatic rings. The standard InChI is InChI=1S/C13H18Cl2N2OS/c14-11-4-3-10(12(15)7-11)8-19-9-13(18)17-6-2-1-5-16/h3-4,7H,1-2,5-6,8-9,16H2,(H,17,18). The molecule has 1 rings (SSSR count). The zero-order valence-electron chi connectivity index (χ0n) is 10.6. The first-order valence-electron chi connectivity index (χ1n) is 6.12. The summed E-state index contributed by atoms with van der Waals surface area (Å²) in [4.78, 5) is 11.5. The average Bonchev–Trinajstić information content (AvgIpc) is 2.37. The molecule has 0 heterocycles. The first-order chi connectivity index (χ1) is 9.13. The molecule has 0 bridgehead atoms. The lowest BCUT2D eigenvalue weighted by molar-refractivity contribution is -0.118. The van der Waals surface area contributed by atoms with Gasteiger partial charge in [-0.3, -0.25) is 4.79 Å². The van der Waals surface area contributed by atoms with Crippen molar-refractivity contribution < 1.29 is 4.79 Å². The van der Waals surface area contributed by atoms with Gasteiger partial charge >= 0.3 is 0 Å². The molecular formula is C13H18Cl2N2OS. The Hall–Kier alpha value is -0.420. The summed E-state index contributed by atoms with van der Waals surface area (Å²) in [6, 6.07) is 5.40. The highest BCUT2D eigenvalue weighted by molar-refractivity contribution is 7.99. The molecule has 3 nitrogen and oxygen atoms in total. The van der Waals surface area contributed by atoms with E-state index in [9.17, 15) is 4.79 Å². The summed E-state index contributed by atoms with van der Waals surface area (Å²) in [6.07, 6.45) is 1.86. The summed E-state index contributed by atoms with van der Waals surface area (Å²) >= 11 is 13.4. The fourth-order valence-electron chi connectivity index (χ4n) is 1.44. The van der Waals surface area contributed by atoms with Gasteiger partial charge in [-0.1, -0.05) is 29.3 Å². The van der Waals surface area contributed by atoms with E-state index >= 15 is 0 Å². The lowest BCUT2D eigenvalue weighted by Gasteiger charge is -2.06. The number of nitrogens with one attached hydrogen (secondary N) is 1. The van der Waals surface area contributed by atoms with E-state index < -0.39 is 0 Å². The van der Waals surface area contributed by atoms with Crippen molar-refractivity contribution in [1.82, 2.24) is 5.32 Å². The van der Waals surface area contributed by atoms with E-state index in [1.54, 1.807) is 12.1 Å². The van der Waals surface area contributed by atoms with Crippen molar-refractivity contribution in [2.24, 2.45) is 5.73 Å². The molecular weight excluding hydrogens is 303 g/mol. The van der Waals surface area contributed by atoms with E-state index in [2.05, 4.69) is 5.32 Å². The van der Waals surface area contributed by atoms with Crippen molar-refractivity contribution in [3.05, 3.63) is 33.8 Å². The van der Waals surface area contributed by atoms with E-state index in [1.165, 1.54) is 11.8 Å². The maximum atomic E-state index is 11.5. The lowest BCUT2D eigenvalue weighted by atomic mass is 10.2.